The van der Waals surface area contributed by atoms with Gasteiger partial charge in [0.05, 0.1) is 10.9 Å². The molecule has 1 N–H and O–H groups in total. The van der Waals surface area contributed by atoms with E-state index in [-0.39, 0.29) is 0 Å². The number of pyridine rings is 1. The van der Waals surface area contributed by atoms with Crippen LogP contribution in [0.3, 0.4) is 0 Å². The first kappa shape index (κ1) is 8.19. The first-order chi connectivity index (χ1) is 6.40. The molecule has 0 bridgehead atoms. The van der Waals surface area contributed by atoms with Crippen LogP contribution in [-0.4, -0.2) is 16.5 Å². The van der Waals surface area contributed by atoms with Crippen molar-refractivity contribution in [2.24, 2.45) is 0 Å². The number of rotatable bonds is 3. The van der Waals surface area contributed by atoms with Gasteiger partial charge in [-0.15, -0.1) is 6.58 Å². The highest BCUT2D eigenvalue weighted by Crippen LogP contribution is 2.24. The summed E-state index contributed by atoms with van der Waals surface area (Å²) in [5, 5.41) is 4.06. The van der Waals surface area contributed by atoms with Crippen molar-refractivity contribution in [2.45, 2.75) is 0 Å². The summed E-state index contributed by atoms with van der Waals surface area (Å²) in [6.45, 7) is 4.37. The molecule has 4 heteroatoms. The van der Waals surface area contributed by atoms with E-state index in [0.717, 1.165) is 21.9 Å². The second-order valence-electron chi connectivity index (χ2n) is 2.53. The lowest BCUT2D eigenvalue weighted by Gasteiger charge is -1.93. The zero-order valence-corrected chi connectivity index (χ0v) is 7.84. The van der Waals surface area contributed by atoms with Crippen molar-refractivity contribution < 1.29 is 0 Å². The third-order valence-electron chi connectivity index (χ3n) is 1.59. The Hall–Kier alpha value is -1.42. The molecule has 0 atom stereocenters. The van der Waals surface area contributed by atoms with Crippen LogP contribution >= 0.6 is 11.3 Å². The maximum atomic E-state index is 4.35. The summed E-state index contributed by atoms with van der Waals surface area (Å²) in [6.07, 6.45) is 5.35. The fourth-order valence-electron chi connectivity index (χ4n) is 1.02. The lowest BCUT2D eigenvalue weighted by molar-refractivity contribution is 1.29. The Balaban J connectivity index is 2.32. The number of fused-ring (bicyclic) bond motifs is 1. The van der Waals surface area contributed by atoms with Crippen LogP contribution in [0.2, 0.25) is 0 Å². The van der Waals surface area contributed by atoms with Gasteiger partial charge < -0.3 is 5.32 Å². The van der Waals surface area contributed by atoms with Crippen molar-refractivity contribution in [3.05, 3.63) is 31.1 Å². The zero-order valence-electron chi connectivity index (χ0n) is 7.03. The zero-order chi connectivity index (χ0) is 9.10. The first-order valence-electron chi connectivity index (χ1n) is 3.95. The maximum Gasteiger partial charge on any atom is 0.184 e. The molecule has 13 heavy (non-hydrogen) atoms. The predicted molar refractivity (Wildman–Crippen MR) is 56.1 cm³/mol. The molecule has 0 unspecified atom stereocenters. The summed E-state index contributed by atoms with van der Waals surface area (Å²) in [6, 6.07) is 1.96. The molecule has 0 radical (unpaired) electrons. The molecular formula is C9H9N3S. The lowest BCUT2D eigenvalue weighted by atomic mass is 10.5. The molecule has 0 saturated heterocycles. The number of hydrogen-bond donors (Lipinski definition) is 1. The molecule has 0 aliphatic heterocycles. The highest BCUT2D eigenvalue weighted by Gasteiger charge is 2.00. The number of thiazole rings is 1. The molecule has 2 aromatic heterocycles. The van der Waals surface area contributed by atoms with Crippen LogP contribution in [-0.2, 0) is 0 Å². The Morgan fingerprint density at radius 1 is 1.62 bits per heavy atom. The van der Waals surface area contributed by atoms with Crippen molar-refractivity contribution in [3.63, 3.8) is 0 Å². The summed E-state index contributed by atoms with van der Waals surface area (Å²) >= 11 is 1.63. The Labute approximate surface area is 80.1 Å². The molecule has 0 spiro atoms. The van der Waals surface area contributed by atoms with E-state index < -0.39 is 0 Å². The monoisotopic (exact) mass is 191 g/mol. The van der Waals surface area contributed by atoms with Gasteiger partial charge in [-0.2, -0.15) is 0 Å². The molecular weight excluding hydrogens is 182 g/mol. The third kappa shape index (κ3) is 1.67. The molecule has 0 aliphatic carbocycles. The second kappa shape index (κ2) is 3.53. The highest BCUT2D eigenvalue weighted by atomic mass is 32.1. The summed E-state index contributed by atoms with van der Waals surface area (Å²) in [7, 11) is 0. The molecule has 2 aromatic rings. The summed E-state index contributed by atoms with van der Waals surface area (Å²) in [5.74, 6) is 0. The molecule has 0 saturated carbocycles. The topological polar surface area (TPSA) is 37.8 Å². The van der Waals surface area contributed by atoms with Crippen molar-refractivity contribution in [1.82, 2.24) is 9.97 Å². The van der Waals surface area contributed by atoms with E-state index in [1.807, 2.05) is 12.1 Å². The van der Waals surface area contributed by atoms with Gasteiger partial charge in [0.25, 0.3) is 0 Å². The van der Waals surface area contributed by atoms with Crippen LogP contribution in [0, 0.1) is 0 Å². The minimum Gasteiger partial charge on any atom is -0.358 e. The quantitative estimate of drug-likeness (QED) is 0.756. The van der Waals surface area contributed by atoms with Crippen molar-refractivity contribution in [1.29, 1.82) is 0 Å². The van der Waals surface area contributed by atoms with Crippen LogP contribution in [0.4, 0.5) is 5.13 Å². The molecule has 2 rings (SSSR count). The van der Waals surface area contributed by atoms with E-state index in [1.165, 1.54) is 0 Å². The Bertz CT molecular complexity index is 388. The van der Waals surface area contributed by atoms with Crippen LogP contribution in [0.1, 0.15) is 0 Å². The number of nitrogens with zero attached hydrogens (tertiary/aromatic N) is 2. The largest absolute Gasteiger partial charge is 0.358 e. The van der Waals surface area contributed by atoms with E-state index in [4.69, 9.17) is 0 Å². The number of anilines is 1. The van der Waals surface area contributed by atoms with Gasteiger partial charge >= 0.3 is 0 Å². The predicted octanol–water partition coefficient (Wildman–Crippen LogP) is 2.29. The number of nitrogens with one attached hydrogen (secondary N) is 1. The second-order valence-corrected chi connectivity index (χ2v) is 3.56. The molecule has 0 fully saturated rings. The van der Waals surface area contributed by atoms with E-state index in [9.17, 15) is 0 Å². The minimum atomic E-state index is 0.743. The van der Waals surface area contributed by atoms with Gasteiger partial charge in [-0.1, -0.05) is 17.4 Å². The number of hydrogen-bond acceptors (Lipinski definition) is 4. The van der Waals surface area contributed by atoms with Gasteiger partial charge in [0.2, 0.25) is 0 Å². The fraction of sp³-hybridized carbons (Fsp3) is 0.111. The lowest BCUT2D eigenvalue weighted by Crippen LogP contribution is -1.95. The molecule has 66 valence electrons. The molecule has 3 nitrogen and oxygen atoms in total. The average Bonchev–Trinajstić information content (AvgIpc) is 2.57. The summed E-state index contributed by atoms with van der Waals surface area (Å²) < 4.78 is 1.15. The van der Waals surface area contributed by atoms with Gasteiger partial charge in [-0.3, -0.25) is 4.98 Å². The van der Waals surface area contributed by atoms with Crippen molar-refractivity contribution >= 4 is 26.7 Å². The van der Waals surface area contributed by atoms with E-state index in [0.29, 0.717) is 0 Å². The summed E-state index contributed by atoms with van der Waals surface area (Å²) in [4.78, 5) is 8.35. The Morgan fingerprint density at radius 3 is 3.31 bits per heavy atom. The molecule has 0 amide bonds. The van der Waals surface area contributed by atoms with Gasteiger partial charge in [-0.05, 0) is 6.07 Å². The first-order valence-corrected chi connectivity index (χ1v) is 4.77. The summed E-state index contributed by atoms with van der Waals surface area (Å²) in [5.41, 5.74) is 0.944. The molecule has 0 aromatic carbocycles. The smallest absolute Gasteiger partial charge is 0.184 e. The van der Waals surface area contributed by atoms with Crippen LogP contribution < -0.4 is 5.32 Å². The van der Waals surface area contributed by atoms with Gasteiger partial charge in [0, 0.05) is 12.7 Å². The number of aromatic nitrogens is 2. The standard InChI is InChI=1S/C9H9N3S/c1-2-4-11-9-12-7-6-10-5-3-8(7)13-9/h2-3,5-6H,1,4H2,(H,11,12). The minimum absolute atomic E-state index is 0.743. The van der Waals surface area contributed by atoms with E-state index in [2.05, 4.69) is 21.9 Å². The van der Waals surface area contributed by atoms with E-state index in [1.54, 1.807) is 23.7 Å². The van der Waals surface area contributed by atoms with Gasteiger partial charge in [-0.25, -0.2) is 4.98 Å². The van der Waals surface area contributed by atoms with Gasteiger partial charge in [0.15, 0.2) is 5.13 Å². The molecule has 0 aliphatic rings. The van der Waals surface area contributed by atoms with Crippen molar-refractivity contribution in [3.8, 4) is 0 Å². The SMILES string of the molecule is C=CCNc1nc2cnccc2s1. The van der Waals surface area contributed by atoms with Crippen LogP contribution in [0.5, 0.6) is 0 Å². The Kier molecular flexibility index (Phi) is 2.23. The third-order valence-corrected chi connectivity index (χ3v) is 2.58. The van der Waals surface area contributed by atoms with Crippen LogP contribution in [0.25, 0.3) is 10.2 Å². The average molecular weight is 191 g/mol. The maximum absolute atomic E-state index is 4.35. The highest BCUT2D eigenvalue weighted by molar-refractivity contribution is 7.22. The fourth-order valence-corrected chi connectivity index (χ4v) is 1.85. The van der Waals surface area contributed by atoms with Crippen molar-refractivity contribution in [2.75, 3.05) is 11.9 Å². The van der Waals surface area contributed by atoms with E-state index >= 15 is 0 Å². The normalized spacial score (nSPS) is 10.2. The van der Waals surface area contributed by atoms with Gasteiger partial charge in [0.1, 0.15) is 5.52 Å². The van der Waals surface area contributed by atoms with Crippen LogP contribution in [0.15, 0.2) is 31.1 Å². The Morgan fingerprint density at radius 2 is 2.54 bits per heavy atom. The molecule has 2 heterocycles.